The maximum atomic E-state index is 12.9. The molecular formula is C23H18N6OS. The van der Waals surface area contributed by atoms with Crippen molar-refractivity contribution >= 4 is 50.8 Å². The number of rotatable bonds is 3. The van der Waals surface area contributed by atoms with E-state index in [1.807, 2.05) is 78.5 Å². The van der Waals surface area contributed by atoms with E-state index < -0.39 is 0 Å². The van der Waals surface area contributed by atoms with Gasteiger partial charge in [-0.15, -0.1) is 0 Å². The lowest BCUT2D eigenvalue weighted by molar-refractivity contribution is 0.948. The molecule has 0 unspecified atom stereocenters. The number of nitrogens with zero attached hydrogens (tertiary/aromatic N) is 3. The van der Waals surface area contributed by atoms with Crippen molar-refractivity contribution in [3.05, 3.63) is 83.4 Å². The van der Waals surface area contributed by atoms with Crippen molar-refractivity contribution in [2.24, 2.45) is 7.05 Å². The summed E-state index contributed by atoms with van der Waals surface area (Å²) in [5.41, 5.74) is 4.62. The number of aryl methyl sites for hydroxylation is 1. The van der Waals surface area contributed by atoms with Crippen molar-refractivity contribution in [2.75, 3.05) is 10.6 Å². The number of hydrogen-bond donors (Lipinski definition) is 3. The summed E-state index contributed by atoms with van der Waals surface area (Å²) in [7, 11) is 1.90. The van der Waals surface area contributed by atoms with Crippen LogP contribution in [-0.4, -0.2) is 24.6 Å². The fraction of sp³-hybridized carbons (Fsp3) is 0.0435. The van der Waals surface area contributed by atoms with Gasteiger partial charge in [0, 0.05) is 41.8 Å². The SMILES string of the molecule is Cn1cc(-c2nc3ccc(NC(=S)Nc4ccccc4)cc3[nH]c2=O)c2cccnc21. The van der Waals surface area contributed by atoms with Gasteiger partial charge >= 0.3 is 0 Å². The van der Waals surface area contributed by atoms with Crippen LogP contribution in [0.15, 0.2) is 77.9 Å². The Kier molecular flexibility index (Phi) is 4.68. The molecule has 5 rings (SSSR count). The summed E-state index contributed by atoms with van der Waals surface area (Å²) in [5, 5.41) is 7.61. The van der Waals surface area contributed by atoms with E-state index in [9.17, 15) is 4.79 Å². The van der Waals surface area contributed by atoms with Gasteiger partial charge in [-0.2, -0.15) is 0 Å². The highest BCUT2D eigenvalue weighted by Gasteiger charge is 2.15. The number of fused-ring (bicyclic) bond motifs is 2. The van der Waals surface area contributed by atoms with Gasteiger partial charge in [0.1, 0.15) is 11.3 Å². The minimum Gasteiger partial charge on any atom is -0.335 e. The summed E-state index contributed by atoms with van der Waals surface area (Å²) >= 11 is 5.38. The lowest BCUT2D eigenvalue weighted by Crippen LogP contribution is -2.19. The zero-order valence-corrected chi connectivity index (χ0v) is 17.4. The molecule has 0 aliphatic heterocycles. The molecule has 2 aromatic carbocycles. The van der Waals surface area contributed by atoms with Crippen LogP contribution in [0.25, 0.3) is 33.3 Å². The molecule has 3 heterocycles. The van der Waals surface area contributed by atoms with E-state index in [2.05, 4.69) is 25.6 Å². The molecule has 5 aromatic rings. The first-order valence-electron chi connectivity index (χ1n) is 9.66. The van der Waals surface area contributed by atoms with Crippen molar-refractivity contribution in [3.8, 4) is 11.3 Å². The standard InChI is InChI=1S/C23H18N6OS/c1-29-13-17(16-8-5-11-24-21(16)29)20-22(30)28-19-12-15(9-10-18(19)27-20)26-23(31)25-14-6-3-2-4-7-14/h2-13H,1H3,(H,28,30)(H2,25,26,31). The molecule has 0 fully saturated rings. The van der Waals surface area contributed by atoms with Crippen LogP contribution in [0.3, 0.4) is 0 Å². The van der Waals surface area contributed by atoms with Crippen LogP contribution in [0.5, 0.6) is 0 Å². The minimum absolute atomic E-state index is 0.258. The fourth-order valence-electron chi connectivity index (χ4n) is 3.56. The van der Waals surface area contributed by atoms with E-state index in [4.69, 9.17) is 12.2 Å². The van der Waals surface area contributed by atoms with Crippen molar-refractivity contribution in [1.82, 2.24) is 19.5 Å². The Bertz CT molecular complexity index is 1490. The Hall–Kier alpha value is -4.04. The first-order valence-corrected chi connectivity index (χ1v) is 10.1. The Morgan fingerprint density at radius 3 is 2.68 bits per heavy atom. The fourth-order valence-corrected chi connectivity index (χ4v) is 3.80. The summed E-state index contributed by atoms with van der Waals surface area (Å²) in [5.74, 6) is 0. The van der Waals surface area contributed by atoms with Gasteiger partial charge in [0.05, 0.1) is 11.0 Å². The summed E-state index contributed by atoms with van der Waals surface area (Å²) in [6.45, 7) is 0. The predicted molar refractivity (Wildman–Crippen MR) is 128 cm³/mol. The summed E-state index contributed by atoms with van der Waals surface area (Å²) in [4.78, 5) is 24.8. The van der Waals surface area contributed by atoms with E-state index in [0.717, 1.165) is 28.0 Å². The second-order valence-corrected chi connectivity index (χ2v) is 7.53. The highest BCUT2D eigenvalue weighted by molar-refractivity contribution is 7.80. The number of benzene rings is 2. The molecule has 0 saturated carbocycles. The number of aromatic nitrogens is 4. The van der Waals surface area contributed by atoms with Crippen LogP contribution in [0.2, 0.25) is 0 Å². The largest absolute Gasteiger partial charge is 0.335 e. The number of H-pyrrole nitrogens is 1. The van der Waals surface area contributed by atoms with Gasteiger partial charge in [-0.3, -0.25) is 4.79 Å². The molecule has 31 heavy (non-hydrogen) atoms. The average Bonchev–Trinajstić information content (AvgIpc) is 3.10. The molecule has 152 valence electrons. The number of anilines is 2. The van der Waals surface area contributed by atoms with E-state index in [1.54, 1.807) is 6.20 Å². The number of aromatic amines is 1. The van der Waals surface area contributed by atoms with Gasteiger partial charge in [0.25, 0.3) is 5.56 Å². The molecule has 0 radical (unpaired) electrons. The summed E-state index contributed by atoms with van der Waals surface area (Å²) in [6, 6.07) is 19.0. The lowest BCUT2D eigenvalue weighted by Gasteiger charge is -2.11. The highest BCUT2D eigenvalue weighted by atomic mass is 32.1. The zero-order chi connectivity index (χ0) is 21.4. The van der Waals surface area contributed by atoms with Crippen molar-refractivity contribution in [1.29, 1.82) is 0 Å². The van der Waals surface area contributed by atoms with Gasteiger partial charge in [0.2, 0.25) is 0 Å². The van der Waals surface area contributed by atoms with Crippen LogP contribution in [0.4, 0.5) is 11.4 Å². The summed E-state index contributed by atoms with van der Waals surface area (Å²) < 4.78 is 1.89. The molecule has 0 aliphatic carbocycles. The van der Waals surface area contributed by atoms with E-state index >= 15 is 0 Å². The van der Waals surface area contributed by atoms with Crippen LogP contribution >= 0.6 is 12.2 Å². The van der Waals surface area contributed by atoms with E-state index in [1.165, 1.54) is 0 Å². The van der Waals surface area contributed by atoms with Crippen LogP contribution in [0, 0.1) is 0 Å². The second kappa shape index (κ2) is 7.66. The number of thiocarbonyl (C=S) groups is 1. The molecular weight excluding hydrogens is 408 g/mol. The third-order valence-electron chi connectivity index (χ3n) is 4.97. The quantitative estimate of drug-likeness (QED) is 0.373. The number of para-hydroxylation sites is 1. The minimum atomic E-state index is -0.258. The van der Waals surface area contributed by atoms with E-state index in [0.29, 0.717) is 21.8 Å². The maximum absolute atomic E-state index is 12.9. The molecule has 0 spiro atoms. The lowest BCUT2D eigenvalue weighted by atomic mass is 10.1. The molecule has 7 nitrogen and oxygen atoms in total. The van der Waals surface area contributed by atoms with Crippen LogP contribution in [0.1, 0.15) is 0 Å². The summed E-state index contributed by atoms with van der Waals surface area (Å²) in [6.07, 6.45) is 3.61. The molecule has 3 N–H and O–H groups in total. The highest BCUT2D eigenvalue weighted by Crippen LogP contribution is 2.27. The van der Waals surface area contributed by atoms with Gasteiger partial charge in [-0.05, 0) is 54.7 Å². The van der Waals surface area contributed by atoms with Crippen molar-refractivity contribution in [2.45, 2.75) is 0 Å². The first-order chi connectivity index (χ1) is 15.1. The zero-order valence-electron chi connectivity index (χ0n) is 16.6. The average molecular weight is 427 g/mol. The predicted octanol–water partition coefficient (Wildman–Crippen LogP) is 4.29. The van der Waals surface area contributed by atoms with Gasteiger partial charge < -0.3 is 20.2 Å². The first kappa shape index (κ1) is 19.0. The van der Waals surface area contributed by atoms with Crippen molar-refractivity contribution in [3.63, 3.8) is 0 Å². The Balaban J connectivity index is 1.47. The smallest absolute Gasteiger partial charge is 0.275 e. The topological polar surface area (TPSA) is 87.6 Å². The van der Waals surface area contributed by atoms with Gasteiger partial charge in [-0.1, -0.05) is 18.2 Å². The molecule has 0 amide bonds. The normalized spacial score (nSPS) is 11.0. The number of pyridine rings is 1. The van der Waals surface area contributed by atoms with Crippen LogP contribution < -0.4 is 16.2 Å². The van der Waals surface area contributed by atoms with Gasteiger partial charge in [0.15, 0.2) is 5.11 Å². The molecule has 0 bridgehead atoms. The Morgan fingerprint density at radius 1 is 1.03 bits per heavy atom. The molecule has 0 saturated heterocycles. The molecule has 0 atom stereocenters. The molecule has 3 aromatic heterocycles. The van der Waals surface area contributed by atoms with E-state index in [-0.39, 0.29) is 5.56 Å². The van der Waals surface area contributed by atoms with Gasteiger partial charge in [-0.25, -0.2) is 9.97 Å². The second-order valence-electron chi connectivity index (χ2n) is 7.12. The Morgan fingerprint density at radius 2 is 1.84 bits per heavy atom. The number of hydrogen-bond acceptors (Lipinski definition) is 4. The monoisotopic (exact) mass is 426 g/mol. The molecule has 0 aliphatic rings. The third-order valence-corrected chi connectivity index (χ3v) is 5.17. The third kappa shape index (κ3) is 3.64. The Labute approximate surface area is 182 Å². The number of nitrogens with one attached hydrogen (secondary N) is 3. The van der Waals surface area contributed by atoms with Crippen molar-refractivity contribution < 1.29 is 0 Å². The maximum Gasteiger partial charge on any atom is 0.275 e. The van der Waals surface area contributed by atoms with Crippen LogP contribution in [-0.2, 0) is 7.05 Å². The molecule has 8 heteroatoms.